The Bertz CT molecular complexity index is 1120. The molecule has 168 valence electrons. The number of rotatable bonds is 4. The van der Waals surface area contributed by atoms with Crippen molar-refractivity contribution >= 4 is 5.91 Å². The second-order valence-electron chi connectivity index (χ2n) is 8.57. The summed E-state index contributed by atoms with van der Waals surface area (Å²) in [5.41, 5.74) is -0.285. The number of aryl methyl sites for hydroxylation is 1. The summed E-state index contributed by atoms with van der Waals surface area (Å²) in [6, 6.07) is 6.54. The van der Waals surface area contributed by atoms with Crippen molar-refractivity contribution < 1.29 is 18.0 Å². The van der Waals surface area contributed by atoms with Crippen LogP contribution in [0.4, 0.5) is 13.2 Å². The molecular formula is C22H23F3N6O. The standard InChI is InChI=1S/C22H23F3N6O/c1-13-2-6-16(7-3-13)31-18(22(23,24)25)17(12-26-31)21(32)30-10-8-15(9-11-30)20-27-19(28-29-20)14-4-5-14/h2-3,6-7,12,14-15H,4-5,8-11H2,1H3,(H,27,28,29). The summed E-state index contributed by atoms with van der Waals surface area (Å²) < 4.78 is 42.6. The third-order valence-electron chi connectivity index (χ3n) is 6.18. The zero-order chi connectivity index (χ0) is 22.5. The molecule has 0 bridgehead atoms. The molecule has 2 aromatic heterocycles. The van der Waals surface area contributed by atoms with E-state index in [1.54, 1.807) is 24.3 Å². The fraction of sp³-hybridized carbons (Fsp3) is 0.455. The van der Waals surface area contributed by atoms with Gasteiger partial charge >= 0.3 is 6.18 Å². The van der Waals surface area contributed by atoms with E-state index in [-0.39, 0.29) is 11.6 Å². The molecule has 0 spiro atoms. The van der Waals surface area contributed by atoms with E-state index in [9.17, 15) is 18.0 Å². The lowest BCUT2D eigenvalue weighted by Gasteiger charge is -2.31. The number of halogens is 3. The minimum atomic E-state index is -4.72. The van der Waals surface area contributed by atoms with Gasteiger partial charge in [0.25, 0.3) is 5.91 Å². The number of H-pyrrole nitrogens is 1. The van der Waals surface area contributed by atoms with Crippen LogP contribution in [-0.2, 0) is 6.18 Å². The molecule has 32 heavy (non-hydrogen) atoms. The Morgan fingerprint density at radius 2 is 1.75 bits per heavy atom. The highest BCUT2D eigenvalue weighted by Gasteiger charge is 2.42. The van der Waals surface area contributed by atoms with Crippen LogP contribution < -0.4 is 0 Å². The smallest absolute Gasteiger partial charge is 0.338 e. The maximum atomic E-state index is 13.9. The Morgan fingerprint density at radius 1 is 1.06 bits per heavy atom. The Morgan fingerprint density at radius 3 is 2.38 bits per heavy atom. The normalized spacial score (nSPS) is 17.7. The van der Waals surface area contributed by atoms with E-state index in [0.29, 0.717) is 31.8 Å². The second-order valence-corrected chi connectivity index (χ2v) is 8.57. The monoisotopic (exact) mass is 444 g/mol. The maximum Gasteiger partial charge on any atom is 0.434 e. The molecule has 3 aromatic rings. The van der Waals surface area contributed by atoms with E-state index in [4.69, 9.17) is 0 Å². The molecule has 1 saturated carbocycles. The average molecular weight is 444 g/mol. The van der Waals surface area contributed by atoms with E-state index in [2.05, 4.69) is 20.3 Å². The molecule has 10 heteroatoms. The summed E-state index contributed by atoms with van der Waals surface area (Å²) in [5, 5.41) is 11.2. The topological polar surface area (TPSA) is 79.7 Å². The van der Waals surface area contributed by atoms with Crippen LogP contribution in [-0.4, -0.2) is 48.9 Å². The minimum absolute atomic E-state index is 0.122. The Balaban J connectivity index is 1.34. The molecule has 1 aromatic carbocycles. The van der Waals surface area contributed by atoms with Gasteiger partial charge in [-0.05, 0) is 44.7 Å². The Hall–Kier alpha value is -3.17. The van der Waals surface area contributed by atoms with E-state index >= 15 is 0 Å². The summed E-state index contributed by atoms with van der Waals surface area (Å²) in [7, 11) is 0. The summed E-state index contributed by atoms with van der Waals surface area (Å²) in [6.45, 7) is 2.56. The fourth-order valence-corrected chi connectivity index (χ4v) is 4.18. The van der Waals surface area contributed by atoms with Gasteiger partial charge in [0.2, 0.25) is 0 Å². The van der Waals surface area contributed by atoms with Crippen molar-refractivity contribution in [3.63, 3.8) is 0 Å². The van der Waals surface area contributed by atoms with Gasteiger partial charge in [0.1, 0.15) is 5.82 Å². The molecule has 0 radical (unpaired) electrons. The van der Waals surface area contributed by atoms with Crippen LogP contribution >= 0.6 is 0 Å². The van der Waals surface area contributed by atoms with Gasteiger partial charge in [0, 0.05) is 24.9 Å². The SMILES string of the molecule is Cc1ccc(-n2ncc(C(=O)N3CCC(c4nc(C5CC5)n[nH]4)CC3)c2C(F)(F)F)cc1. The zero-order valence-electron chi connectivity index (χ0n) is 17.6. The summed E-state index contributed by atoms with van der Waals surface area (Å²) >= 11 is 0. The van der Waals surface area contributed by atoms with Gasteiger partial charge in [-0.2, -0.15) is 23.4 Å². The first-order chi connectivity index (χ1) is 15.3. The molecule has 1 aliphatic carbocycles. The number of aromatic amines is 1. The molecule has 7 nitrogen and oxygen atoms in total. The second kappa shape index (κ2) is 7.75. The van der Waals surface area contributed by atoms with Crippen molar-refractivity contribution in [2.24, 2.45) is 0 Å². The molecule has 1 aliphatic heterocycles. The van der Waals surface area contributed by atoms with E-state index in [1.165, 1.54) is 4.90 Å². The largest absolute Gasteiger partial charge is 0.434 e. The van der Waals surface area contributed by atoms with Crippen LogP contribution in [0.15, 0.2) is 30.5 Å². The van der Waals surface area contributed by atoms with Crippen LogP contribution in [0.25, 0.3) is 5.69 Å². The molecule has 1 saturated heterocycles. The van der Waals surface area contributed by atoms with E-state index < -0.39 is 23.3 Å². The molecular weight excluding hydrogens is 421 g/mol. The lowest BCUT2D eigenvalue weighted by Crippen LogP contribution is -2.39. The molecule has 3 heterocycles. The highest BCUT2D eigenvalue weighted by Crippen LogP contribution is 2.39. The van der Waals surface area contributed by atoms with Gasteiger partial charge in [0.15, 0.2) is 11.5 Å². The third-order valence-corrected chi connectivity index (χ3v) is 6.18. The van der Waals surface area contributed by atoms with Crippen LogP contribution in [0, 0.1) is 6.92 Å². The molecule has 1 amide bonds. The predicted octanol–water partition coefficient (Wildman–Crippen LogP) is 4.21. The first-order valence-corrected chi connectivity index (χ1v) is 10.7. The predicted molar refractivity (Wildman–Crippen MR) is 110 cm³/mol. The maximum absolute atomic E-state index is 13.9. The van der Waals surface area contributed by atoms with Crippen molar-refractivity contribution in [3.8, 4) is 5.69 Å². The number of alkyl halides is 3. The number of piperidine rings is 1. The van der Waals surface area contributed by atoms with E-state index in [0.717, 1.165) is 40.9 Å². The number of nitrogens with zero attached hydrogens (tertiary/aromatic N) is 5. The van der Waals surface area contributed by atoms with Crippen molar-refractivity contribution in [1.29, 1.82) is 0 Å². The summed E-state index contributed by atoms with van der Waals surface area (Å²) in [5.74, 6) is 1.58. The number of amides is 1. The lowest BCUT2D eigenvalue weighted by molar-refractivity contribution is -0.143. The average Bonchev–Trinajstić information content (AvgIpc) is 3.32. The van der Waals surface area contributed by atoms with Gasteiger partial charge in [-0.15, -0.1) is 0 Å². The van der Waals surface area contributed by atoms with Gasteiger partial charge in [-0.3, -0.25) is 9.89 Å². The quantitative estimate of drug-likeness (QED) is 0.654. The number of benzene rings is 1. The van der Waals surface area contributed by atoms with Gasteiger partial charge in [-0.1, -0.05) is 17.7 Å². The highest BCUT2D eigenvalue weighted by atomic mass is 19.4. The number of carbonyl (C=O) groups excluding carboxylic acids is 1. The number of nitrogens with one attached hydrogen (secondary N) is 1. The highest BCUT2D eigenvalue weighted by molar-refractivity contribution is 5.95. The molecule has 1 N–H and O–H groups in total. The molecule has 0 atom stereocenters. The number of hydrogen-bond donors (Lipinski definition) is 1. The Kier molecular flexibility index (Phi) is 5.02. The number of hydrogen-bond acceptors (Lipinski definition) is 4. The van der Waals surface area contributed by atoms with Crippen LogP contribution in [0.1, 0.15) is 70.8 Å². The number of likely N-dealkylation sites (tertiary alicyclic amines) is 1. The van der Waals surface area contributed by atoms with Gasteiger partial charge in [0.05, 0.1) is 17.4 Å². The van der Waals surface area contributed by atoms with Crippen LogP contribution in [0.2, 0.25) is 0 Å². The first-order valence-electron chi connectivity index (χ1n) is 10.7. The minimum Gasteiger partial charge on any atom is -0.338 e. The van der Waals surface area contributed by atoms with Crippen LogP contribution in [0.5, 0.6) is 0 Å². The number of aromatic nitrogens is 5. The van der Waals surface area contributed by atoms with Gasteiger partial charge in [-0.25, -0.2) is 9.67 Å². The third kappa shape index (κ3) is 3.89. The summed E-state index contributed by atoms with van der Waals surface area (Å²) in [6.07, 6.45) is -0.222. The molecule has 2 aliphatic rings. The summed E-state index contributed by atoms with van der Waals surface area (Å²) in [4.78, 5) is 19.1. The molecule has 5 rings (SSSR count). The van der Waals surface area contributed by atoms with Crippen molar-refractivity contribution in [2.75, 3.05) is 13.1 Å². The molecule has 0 unspecified atom stereocenters. The lowest BCUT2D eigenvalue weighted by atomic mass is 9.95. The van der Waals surface area contributed by atoms with Crippen molar-refractivity contribution in [2.45, 2.75) is 50.6 Å². The fourth-order valence-electron chi connectivity index (χ4n) is 4.18. The van der Waals surface area contributed by atoms with Gasteiger partial charge < -0.3 is 4.90 Å². The Labute approximate surface area is 182 Å². The first kappa shape index (κ1) is 20.7. The molecule has 2 fully saturated rings. The van der Waals surface area contributed by atoms with Crippen LogP contribution in [0.3, 0.4) is 0 Å². The number of carbonyl (C=O) groups is 1. The van der Waals surface area contributed by atoms with Crippen molar-refractivity contribution in [1.82, 2.24) is 29.9 Å². The van der Waals surface area contributed by atoms with E-state index in [1.807, 2.05) is 6.92 Å². The zero-order valence-corrected chi connectivity index (χ0v) is 17.6. The van der Waals surface area contributed by atoms with Crippen molar-refractivity contribution in [3.05, 3.63) is 58.9 Å².